The monoisotopic (exact) mass is 234 g/mol. The van der Waals surface area contributed by atoms with Crippen molar-refractivity contribution in [3.63, 3.8) is 0 Å². The first-order valence-electron chi connectivity index (χ1n) is 4.24. The van der Waals surface area contributed by atoms with Crippen LogP contribution in [0.1, 0.15) is 0 Å². The summed E-state index contributed by atoms with van der Waals surface area (Å²) in [5, 5.41) is 8.87. The Morgan fingerprint density at radius 2 is 2.20 bits per heavy atom. The lowest BCUT2D eigenvalue weighted by Gasteiger charge is -2.10. The van der Waals surface area contributed by atoms with Crippen molar-refractivity contribution in [1.29, 1.82) is 0 Å². The van der Waals surface area contributed by atoms with Gasteiger partial charge in [0.25, 0.3) is 0 Å². The predicted molar refractivity (Wildman–Crippen MR) is 56.8 cm³/mol. The molecule has 0 aliphatic rings. The molecule has 8 nitrogen and oxygen atoms in total. The van der Waals surface area contributed by atoms with Gasteiger partial charge < -0.3 is 11.1 Å². The minimum absolute atomic E-state index is 0.0194. The van der Waals surface area contributed by atoms with Gasteiger partial charge in [-0.1, -0.05) is 0 Å². The van der Waals surface area contributed by atoms with Crippen LogP contribution >= 0.6 is 0 Å². The molecule has 15 heavy (non-hydrogen) atoms. The summed E-state index contributed by atoms with van der Waals surface area (Å²) in [6.07, 6.45) is 0. The Labute approximate surface area is 87.9 Å². The van der Waals surface area contributed by atoms with Crippen molar-refractivity contribution in [3.8, 4) is 0 Å². The van der Waals surface area contributed by atoms with E-state index >= 15 is 0 Å². The lowest BCUT2D eigenvalue weighted by Crippen LogP contribution is -2.28. The highest BCUT2D eigenvalue weighted by atomic mass is 32.2. The van der Waals surface area contributed by atoms with Gasteiger partial charge in [-0.3, -0.25) is 0 Å². The largest absolute Gasteiger partial charge is 0.368 e. The second-order valence-corrected chi connectivity index (χ2v) is 5.37. The van der Waals surface area contributed by atoms with Gasteiger partial charge in [-0.05, 0) is 0 Å². The second-order valence-electron chi connectivity index (χ2n) is 3.07. The average molecular weight is 234 g/mol. The number of hydrogen-bond donors (Lipinski definition) is 3. The van der Waals surface area contributed by atoms with Crippen LogP contribution in [0.3, 0.4) is 0 Å². The van der Waals surface area contributed by atoms with Crippen LogP contribution in [0.5, 0.6) is 0 Å². The van der Waals surface area contributed by atoms with E-state index in [0.29, 0.717) is 5.95 Å². The van der Waals surface area contributed by atoms with Crippen LogP contribution < -0.4 is 11.1 Å². The summed E-state index contributed by atoms with van der Waals surface area (Å²) in [5.74, 6) is 0.462. The van der Waals surface area contributed by atoms with Gasteiger partial charge in [0, 0.05) is 20.6 Å². The van der Waals surface area contributed by atoms with Crippen molar-refractivity contribution in [2.45, 2.75) is 0 Å². The SMILES string of the molecule is CN(C)S(=O)(=O)CCNc1n[nH]c(N)n1. The molecule has 0 aliphatic heterocycles. The van der Waals surface area contributed by atoms with Crippen LogP contribution in [0.4, 0.5) is 11.9 Å². The zero-order valence-electron chi connectivity index (χ0n) is 8.56. The average Bonchev–Trinajstić information content (AvgIpc) is 2.51. The molecule has 0 atom stereocenters. The van der Waals surface area contributed by atoms with E-state index in [1.54, 1.807) is 0 Å². The maximum atomic E-state index is 11.3. The summed E-state index contributed by atoms with van der Waals surface area (Å²) in [6.45, 7) is 0.234. The summed E-state index contributed by atoms with van der Waals surface area (Å²) in [5.41, 5.74) is 5.29. The maximum Gasteiger partial charge on any atom is 0.243 e. The fraction of sp³-hybridized carbons (Fsp3) is 0.667. The maximum absolute atomic E-state index is 11.3. The van der Waals surface area contributed by atoms with E-state index in [-0.39, 0.29) is 18.2 Å². The topological polar surface area (TPSA) is 117 Å². The number of nitrogen functional groups attached to an aromatic ring is 1. The highest BCUT2D eigenvalue weighted by molar-refractivity contribution is 7.89. The molecule has 0 saturated carbocycles. The quantitative estimate of drug-likeness (QED) is 0.582. The Morgan fingerprint density at radius 1 is 1.53 bits per heavy atom. The van der Waals surface area contributed by atoms with Crippen molar-refractivity contribution in [2.75, 3.05) is 37.4 Å². The Hall–Kier alpha value is -1.35. The zero-order valence-corrected chi connectivity index (χ0v) is 9.37. The van der Waals surface area contributed by atoms with Crippen molar-refractivity contribution in [3.05, 3.63) is 0 Å². The Morgan fingerprint density at radius 3 is 2.67 bits per heavy atom. The van der Waals surface area contributed by atoms with Crippen molar-refractivity contribution >= 4 is 21.9 Å². The van der Waals surface area contributed by atoms with Crippen LogP contribution in [-0.2, 0) is 10.0 Å². The third-order valence-electron chi connectivity index (χ3n) is 1.70. The van der Waals surface area contributed by atoms with Gasteiger partial charge in [0.15, 0.2) is 0 Å². The smallest absolute Gasteiger partial charge is 0.243 e. The number of rotatable bonds is 5. The lowest BCUT2D eigenvalue weighted by molar-refractivity contribution is 0.521. The molecule has 1 aromatic heterocycles. The van der Waals surface area contributed by atoms with Gasteiger partial charge in [0.05, 0.1) is 5.75 Å². The second kappa shape index (κ2) is 4.45. The first kappa shape index (κ1) is 11.7. The number of nitrogens with one attached hydrogen (secondary N) is 2. The number of hydrogen-bond acceptors (Lipinski definition) is 6. The predicted octanol–water partition coefficient (Wildman–Crippen LogP) is -1.31. The molecule has 0 aliphatic carbocycles. The molecule has 0 bridgehead atoms. The standard InChI is InChI=1S/C6H14N6O2S/c1-12(2)15(13,14)4-3-8-6-9-5(7)10-11-6/h3-4H2,1-2H3,(H4,7,8,9,10,11). The summed E-state index contributed by atoms with van der Waals surface area (Å²) in [4.78, 5) is 3.77. The Kier molecular flexibility index (Phi) is 3.48. The van der Waals surface area contributed by atoms with E-state index in [1.165, 1.54) is 18.4 Å². The van der Waals surface area contributed by atoms with Crippen molar-refractivity contribution in [2.24, 2.45) is 0 Å². The molecule has 0 unspecified atom stereocenters. The first-order valence-corrected chi connectivity index (χ1v) is 5.84. The number of nitrogens with zero attached hydrogens (tertiary/aromatic N) is 3. The molecular formula is C6H14N6O2S. The van der Waals surface area contributed by atoms with Crippen LogP contribution in [0.15, 0.2) is 0 Å². The number of H-pyrrole nitrogens is 1. The molecule has 1 rings (SSSR count). The van der Waals surface area contributed by atoms with E-state index in [0.717, 1.165) is 0 Å². The van der Waals surface area contributed by atoms with Gasteiger partial charge in [-0.15, -0.1) is 5.10 Å². The van der Waals surface area contributed by atoms with Crippen LogP contribution in [0, 0.1) is 0 Å². The van der Waals surface area contributed by atoms with E-state index < -0.39 is 10.0 Å². The number of aromatic amines is 1. The van der Waals surface area contributed by atoms with Crippen molar-refractivity contribution in [1.82, 2.24) is 19.5 Å². The van der Waals surface area contributed by atoms with Gasteiger partial charge >= 0.3 is 0 Å². The van der Waals surface area contributed by atoms with E-state index in [1.807, 2.05) is 0 Å². The highest BCUT2D eigenvalue weighted by Crippen LogP contribution is 1.99. The molecule has 1 aromatic rings. The lowest BCUT2D eigenvalue weighted by atomic mass is 10.7. The number of aromatic nitrogens is 3. The molecule has 86 valence electrons. The van der Waals surface area contributed by atoms with Gasteiger partial charge in [0.1, 0.15) is 0 Å². The molecular weight excluding hydrogens is 220 g/mol. The molecule has 1 heterocycles. The summed E-state index contributed by atoms with van der Waals surface area (Å²) in [7, 11) is -0.215. The minimum Gasteiger partial charge on any atom is -0.368 e. The normalized spacial score (nSPS) is 11.9. The number of anilines is 2. The zero-order chi connectivity index (χ0) is 11.5. The molecule has 0 aromatic carbocycles. The molecule has 0 amide bonds. The molecule has 0 fully saturated rings. The Bertz CT molecular complexity index is 411. The third kappa shape index (κ3) is 3.36. The third-order valence-corrected chi connectivity index (χ3v) is 3.53. The summed E-state index contributed by atoms with van der Waals surface area (Å²) >= 11 is 0. The molecule has 0 saturated heterocycles. The highest BCUT2D eigenvalue weighted by Gasteiger charge is 2.12. The van der Waals surface area contributed by atoms with E-state index in [9.17, 15) is 8.42 Å². The molecule has 0 radical (unpaired) electrons. The van der Waals surface area contributed by atoms with E-state index in [4.69, 9.17) is 5.73 Å². The molecule has 0 spiro atoms. The number of sulfonamides is 1. The fourth-order valence-electron chi connectivity index (χ4n) is 0.828. The van der Waals surface area contributed by atoms with Gasteiger partial charge in [0.2, 0.25) is 21.9 Å². The van der Waals surface area contributed by atoms with E-state index in [2.05, 4.69) is 20.5 Å². The first-order chi connectivity index (χ1) is 6.92. The van der Waals surface area contributed by atoms with Crippen LogP contribution in [-0.4, -0.2) is 54.3 Å². The van der Waals surface area contributed by atoms with Gasteiger partial charge in [-0.2, -0.15) is 4.98 Å². The molecule has 9 heteroatoms. The summed E-state index contributed by atoms with van der Waals surface area (Å²) in [6, 6.07) is 0. The number of nitrogens with two attached hydrogens (primary N) is 1. The summed E-state index contributed by atoms with van der Waals surface area (Å²) < 4.78 is 23.8. The minimum atomic E-state index is -3.19. The Balaban J connectivity index is 2.40. The van der Waals surface area contributed by atoms with Crippen molar-refractivity contribution < 1.29 is 8.42 Å². The van der Waals surface area contributed by atoms with Crippen LogP contribution in [0.2, 0.25) is 0 Å². The fourth-order valence-corrected chi connectivity index (χ4v) is 1.55. The molecule has 4 N–H and O–H groups in total. The van der Waals surface area contributed by atoms with Crippen LogP contribution in [0.25, 0.3) is 0 Å². The van der Waals surface area contributed by atoms with Gasteiger partial charge in [-0.25, -0.2) is 17.8 Å².